The first kappa shape index (κ1) is 20.5. The summed E-state index contributed by atoms with van der Waals surface area (Å²) in [6.45, 7) is 5.08. The SMILES string of the molecule is CC(C)(C)OC(=O)Nc1ccc(F)cc1NC(=O)CNc1ccccc1Cl. The van der Waals surface area contributed by atoms with Crippen LogP contribution in [0, 0.1) is 5.82 Å². The van der Waals surface area contributed by atoms with Crippen LogP contribution in [-0.4, -0.2) is 24.1 Å². The van der Waals surface area contributed by atoms with E-state index in [4.69, 9.17) is 16.3 Å². The highest BCUT2D eigenvalue weighted by atomic mass is 35.5. The molecule has 0 aliphatic heterocycles. The number of carbonyl (C=O) groups excluding carboxylic acids is 2. The number of nitrogens with one attached hydrogen (secondary N) is 3. The van der Waals surface area contributed by atoms with Crippen LogP contribution in [0.1, 0.15) is 20.8 Å². The molecule has 0 aliphatic rings. The van der Waals surface area contributed by atoms with Gasteiger partial charge in [-0.1, -0.05) is 23.7 Å². The van der Waals surface area contributed by atoms with Gasteiger partial charge < -0.3 is 15.4 Å². The number of amides is 2. The van der Waals surface area contributed by atoms with Gasteiger partial charge in [-0.3, -0.25) is 10.1 Å². The molecular weight excluding hydrogens is 373 g/mol. The predicted molar refractivity (Wildman–Crippen MR) is 105 cm³/mol. The molecule has 6 nitrogen and oxygen atoms in total. The molecule has 3 N–H and O–H groups in total. The van der Waals surface area contributed by atoms with Crippen LogP contribution in [0.4, 0.5) is 26.2 Å². The van der Waals surface area contributed by atoms with E-state index >= 15 is 0 Å². The van der Waals surface area contributed by atoms with E-state index in [9.17, 15) is 14.0 Å². The molecule has 27 heavy (non-hydrogen) atoms. The number of para-hydroxylation sites is 1. The van der Waals surface area contributed by atoms with E-state index in [0.29, 0.717) is 10.7 Å². The highest BCUT2D eigenvalue weighted by Gasteiger charge is 2.18. The van der Waals surface area contributed by atoms with Crippen molar-refractivity contribution in [1.29, 1.82) is 0 Å². The topological polar surface area (TPSA) is 79.5 Å². The third-order valence-electron chi connectivity index (χ3n) is 3.20. The Morgan fingerprint density at radius 1 is 1.04 bits per heavy atom. The Morgan fingerprint density at radius 2 is 1.74 bits per heavy atom. The first-order valence-electron chi connectivity index (χ1n) is 8.22. The Labute approximate surface area is 162 Å². The molecule has 0 bridgehead atoms. The molecular formula is C19H21ClFN3O3. The van der Waals surface area contributed by atoms with Crippen molar-refractivity contribution in [2.24, 2.45) is 0 Å². The molecule has 0 saturated carbocycles. The second-order valence-corrected chi connectivity index (χ2v) is 7.11. The number of hydrogen-bond donors (Lipinski definition) is 3. The Morgan fingerprint density at radius 3 is 2.41 bits per heavy atom. The minimum Gasteiger partial charge on any atom is -0.444 e. The molecule has 0 radical (unpaired) electrons. The molecule has 0 aromatic heterocycles. The smallest absolute Gasteiger partial charge is 0.412 e. The van der Waals surface area contributed by atoms with Crippen LogP contribution < -0.4 is 16.0 Å². The van der Waals surface area contributed by atoms with Crippen LogP contribution in [0.5, 0.6) is 0 Å². The summed E-state index contributed by atoms with van der Waals surface area (Å²) in [5, 5.41) is 8.42. The van der Waals surface area contributed by atoms with Crippen LogP contribution >= 0.6 is 11.6 Å². The molecule has 144 valence electrons. The number of ether oxygens (including phenoxy) is 1. The summed E-state index contributed by atoms with van der Waals surface area (Å²) < 4.78 is 18.7. The van der Waals surface area contributed by atoms with Gasteiger partial charge in [0.05, 0.1) is 28.6 Å². The number of benzene rings is 2. The van der Waals surface area contributed by atoms with E-state index in [1.54, 1.807) is 45.0 Å². The Bertz CT molecular complexity index is 837. The van der Waals surface area contributed by atoms with Crippen LogP contribution in [0.25, 0.3) is 0 Å². The first-order chi connectivity index (χ1) is 12.6. The molecule has 0 heterocycles. The van der Waals surface area contributed by atoms with Gasteiger partial charge in [0.1, 0.15) is 11.4 Å². The first-order valence-corrected chi connectivity index (χ1v) is 8.59. The summed E-state index contributed by atoms with van der Waals surface area (Å²) in [6, 6.07) is 10.6. The zero-order valence-corrected chi connectivity index (χ0v) is 16.0. The predicted octanol–water partition coefficient (Wildman–Crippen LogP) is 4.88. The maximum absolute atomic E-state index is 13.6. The van der Waals surface area contributed by atoms with E-state index in [1.165, 1.54) is 12.1 Å². The lowest BCUT2D eigenvalue weighted by atomic mass is 10.2. The average Bonchev–Trinajstić information content (AvgIpc) is 2.55. The van der Waals surface area contributed by atoms with Crippen molar-refractivity contribution in [3.05, 3.63) is 53.3 Å². The highest BCUT2D eigenvalue weighted by Crippen LogP contribution is 2.24. The van der Waals surface area contributed by atoms with Crippen molar-refractivity contribution >= 4 is 40.7 Å². The molecule has 0 atom stereocenters. The normalized spacial score (nSPS) is 10.9. The zero-order valence-electron chi connectivity index (χ0n) is 15.2. The molecule has 0 unspecified atom stereocenters. The average molecular weight is 394 g/mol. The number of anilines is 3. The van der Waals surface area contributed by atoms with Gasteiger partial charge in [-0.15, -0.1) is 0 Å². The lowest BCUT2D eigenvalue weighted by molar-refractivity contribution is -0.114. The monoisotopic (exact) mass is 393 g/mol. The second kappa shape index (κ2) is 8.73. The lowest BCUT2D eigenvalue weighted by Gasteiger charge is -2.20. The van der Waals surface area contributed by atoms with Crippen molar-refractivity contribution in [2.45, 2.75) is 26.4 Å². The van der Waals surface area contributed by atoms with E-state index in [1.807, 2.05) is 0 Å². The molecule has 2 aromatic carbocycles. The quantitative estimate of drug-likeness (QED) is 0.676. The van der Waals surface area contributed by atoms with E-state index in [0.717, 1.165) is 6.07 Å². The number of halogens is 2. The highest BCUT2D eigenvalue weighted by molar-refractivity contribution is 6.33. The van der Waals surface area contributed by atoms with Crippen LogP contribution in [0.15, 0.2) is 42.5 Å². The van der Waals surface area contributed by atoms with Gasteiger partial charge in [-0.05, 0) is 51.1 Å². The van der Waals surface area contributed by atoms with Gasteiger partial charge in [0, 0.05) is 0 Å². The van der Waals surface area contributed by atoms with E-state index in [2.05, 4.69) is 16.0 Å². The fraction of sp³-hybridized carbons (Fsp3) is 0.263. The minimum atomic E-state index is -0.709. The molecule has 0 aliphatic carbocycles. The number of hydrogen-bond acceptors (Lipinski definition) is 4. The van der Waals surface area contributed by atoms with Crippen molar-refractivity contribution in [1.82, 2.24) is 0 Å². The summed E-state index contributed by atoms with van der Waals surface area (Å²) in [4.78, 5) is 24.1. The van der Waals surface area contributed by atoms with Gasteiger partial charge in [0.2, 0.25) is 5.91 Å². The lowest BCUT2D eigenvalue weighted by Crippen LogP contribution is -2.28. The molecule has 8 heteroatoms. The van der Waals surface area contributed by atoms with Crippen molar-refractivity contribution in [3.8, 4) is 0 Å². The van der Waals surface area contributed by atoms with Gasteiger partial charge in [-0.25, -0.2) is 9.18 Å². The largest absolute Gasteiger partial charge is 0.444 e. The Hall–Kier alpha value is -2.80. The van der Waals surface area contributed by atoms with E-state index < -0.39 is 23.4 Å². The molecule has 2 aromatic rings. The van der Waals surface area contributed by atoms with Crippen molar-refractivity contribution < 1.29 is 18.7 Å². The summed E-state index contributed by atoms with van der Waals surface area (Å²) in [7, 11) is 0. The van der Waals surface area contributed by atoms with Gasteiger partial charge in [0.25, 0.3) is 0 Å². The van der Waals surface area contributed by atoms with E-state index in [-0.39, 0.29) is 17.9 Å². The van der Waals surface area contributed by atoms with Gasteiger partial charge in [-0.2, -0.15) is 0 Å². The number of carbonyl (C=O) groups is 2. The molecule has 0 saturated heterocycles. The Kier molecular flexibility index (Phi) is 6.63. The minimum absolute atomic E-state index is 0.0911. The standard InChI is InChI=1S/C19H21ClFN3O3/c1-19(2,3)27-18(26)24-15-9-8-12(21)10-16(15)23-17(25)11-22-14-7-5-4-6-13(14)20/h4-10,22H,11H2,1-3H3,(H,23,25)(H,24,26). The third kappa shape index (κ3) is 6.79. The maximum Gasteiger partial charge on any atom is 0.412 e. The van der Waals surface area contributed by atoms with Crippen LogP contribution in [0.3, 0.4) is 0 Å². The molecule has 0 fully saturated rings. The van der Waals surface area contributed by atoms with Crippen molar-refractivity contribution in [2.75, 3.05) is 22.5 Å². The molecule has 2 amide bonds. The fourth-order valence-electron chi connectivity index (χ4n) is 2.12. The third-order valence-corrected chi connectivity index (χ3v) is 3.53. The van der Waals surface area contributed by atoms with Crippen LogP contribution in [-0.2, 0) is 9.53 Å². The fourth-order valence-corrected chi connectivity index (χ4v) is 2.32. The molecule has 2 rings (SSSR count). The zero-order chi connectivity index (χ0) is 20.0. The van der Waals surface area contributed by atoms with Crippen LogP contribution in [0.2, 0.25) is 5.02 Å². The Balaban J connectivity index is 2.04. The number of rotatable bonds is 5. The van der Waals surface area contributed by atoms with Gasteiger partial charge >= 0.3 is 6.09 Å². The molecule has 0 spiro atoms. The van der Waals surface area contributed by atoms with Crippen molar-refractivity contribution in [3.63, 3.8) is 0 Å². The summed E-state index contributed by atoms with van der Waals surface area (Å²) in [5.74, 6) is -0.994. The van der Waals surface area contributed by atoms with Gasteiger partial charge in [0.15, 0.2) is 0 Å². The summed E-state index contributed by atoms with van der Waals surface area (Å²) in [6.07, 6.45) is -0.709. The second-order valence-electron chi connectivity index (χ2n) is 6.70. The summed E-state index contributed by atoms with van der Waals surface area (Å²) in [5.41, 5.74) is 0.246. The maximum atomic E-state index is 13.6. The summed E-state index contributed by atoms with van der Waals surface area (Å²) >= 11 is 6.02.